The van der Waals surface area contributed by atoms with Gasteiger partial charge in [0.25, 0.3) is 5.91 Å². The van der Waals surface area contributed by atoms with E-state index < -0.39 is 23.7 Å². The van der Waals surface area contributed by atoms with Crippen molar-refractivity contribution in [3.63, 3.8) is 0 Å². The molecular formula is C23H20ClFN2O3S. The molecule has 1 atom stereocenters. The van der Waals surface area contributed by atoms with Crippen molar-refractivity contribution in [1.29, 1.82) is 0 Å². The Kier molecular flexibility index (Phi) is 7.92. The minimum Gasteiger partial charge on any atom is -0.495 e. The molecule has 160 valence electrons. The zero-order valence-electron chi connectivity index (χ0n) is 16.6. The van der Waals surface area contributed by atoms with Crippen molar-refractivity contribution >= 4 is 39.2 Å². The number of nitrogens with one attached hydrogen (secondary N) is 2. The SMILES string of the molecule is COc1cc(SCl)ccc1NC(=O)C(Cc1ccccc1)NC(=O)c1ccc(F)cc1. The monoisotopic (exact) mass is 458 g/mol. The summed E-state index contributed by atoms with van der Waals surface area (Å²) in [4.78, 5) is 26.5. The Balaban J connectivity index is 1.82. The second-order valence-electron chi connectivity index (χ2n) is 6.65. The second kappa shape index (κ2) is 10.8. The highest BCUT2D eigenvalue weighted by Gasteiger charge is 2.23. The Morgan fingerprint density at radius 2 is 1.77 bits per heavy atom. The van der Waals surface area contributed by atoms with Crippen LogP contribution >= 0.6 is 21.7 Å². The Bertz CT molecular complexity index is 1050. The molecule has 2 amide bonds. The van der Waals surface area contributed by atoms with Crippen molar-refractivity contribution in [1.82, 2.24) is 5.32 Å². The van der Waals surface area contributed by atoms with Crippen LogP contribution in [-0.2, 0) is 11.2 Å². The highest BCUT2D eigenvalue weighted by molar-refractivity contribution is 8.21. The maximum absolute atomic E-state index is 13.2. The van der Waals surface area contributed by atoms with Crippen LogP contribution in [0.2, 0.25) is 0 Å². The molecule has 8 heteroatoms. The first-order chi connectivity index (χ1) is 15.0. The van der Waals surface area contributed by atoms with Crippen LogP contribution in [0.4, 0.5) is 10.1 Å². The van der Waals surface area contributed by atoms with E-state index in [9.17, 15) is 14.0 Å². The Morgan fingerprint density at radius 3 is 2.42 bits per heavy atom. The molecule has 31 heavy (non-hydrogen) atoms. The molecule has 0 fully saturated rings. The fraction of sp³-hybridized carbons (Fsp3) is 0.130. The summed E-state index contributed by atoms with van der Waals surface area (Å²) in [6, 6.07) is 18.7. The minimum absolute atomic E-state index is 0.258. The lowest BCUT2D eigenvalue weighted by Gasteiger charge is -2.20. The molecule has 3 aromatic rings. The molecule has 0 aromatic heterocycles. The number of anilines is 1. The van der Waals surface area contributed by atoms with Crippen LogP contribution in [0.25, 0.3) is 0 Å². The normalized spacial score (nSPS) is 11.5. The van der Waals surface area contributed by atoms with Gasteiger partial charge in [0.1, 0.15) is 17.6 Å². The third-order valence-electron chi connectivity index (χ3n) is 4.53. The zero-order valence-corrected chi connectivity index (χ0v) is 18.2. The van der Waals surface area contributed by atoms with E-state index in [0.717, 1.165) is 21.4 Å². The predicted molar refractivity (Wildman–Crippen MR) is 121 cm³/mol. The highest BCUT2D eigenvalue weighted by atomic mass is 35.7. The molecule has 0 saturated carbocycles. The maximum atomic E-state index is 13.2. The number of carbonyl (C=O) groups is 2. The van der Waals surface area contributed by atoms with Crippen LogP contribution in [0, 0.1) is 5.82 Å². The quantitative estimate of drug-likeness (QED) is 0.495. The topological polar surface area (TPSA) is 67.4 Å². The standard InChI is InChI=1S/C23H20ClFN2O3S/c1-30-21-14-18(31-24)11-12-19(21)26-23(29)20(13-15-5-3-2-4-6-15)27-22(28)16-7-9-17(25)10-8-16/h2-12,14,20H,13H2,1H3,(H,26,29)(H,27,28). The van der Waals surface area contributed by atoms with Crippen molar-refractivity contribution in [2.45, 2.75) is 17.4 Å². The van der Waals surface area contributed by atoms with Gasteiger partial charge in [-0.15, -0.1) is 0 Å². The summed E-state index contributed by atoms with van der Waals surface area (Å²) in [5, 5.41) is 5.55. The first-order valence-electron chi connectivity index (χ1n) is 9.38. The average Bonchev–Trinajstić information content (AvgIpc) is 2.80. The molecule has 2 N–H and O–H groups in total. The van der Waals surface area contributed by atoms with Crippen LogP contribution in [0.5, 0.6) is 5.75 Å². The van der Waals surface area contributed by atoms with Crippen LogP contribution in [-0.4, -0.2) is 25.0 Å². The van der Waals surface area contributed by atoms with E-state index in [-0.39, 0.29) is 12.0 Å². The van der Waals surface area contributed by atoms with Gasteiger partial charge in [0.15, 0.2) is 0 Å². The fourth-order valence-electron chi connectivity index (χ4n) is 2.94. The van der Waals surface area contributed by atoms with Crippen molar-refractivity contribution in [2.75, 3.05) is 12.4 Å². The Morgan fingerprint density at radius 1 is 1.06 bits per heavy atom. The van der Waals surface area contributed by atoms with Gasteiger partial charge >= 0.3 is 0 Å². The molecule has 0 bridgehead atoms. The number of halogens is 2. The third-order valence-corrected chi connectivity index (χ3v) is 5.50. The van der Waals surface area contributed by atoms with Gasteiger partial charge in [0.05, 0.1) is 12.8 Å². The smallest absolute Gasteiger partial charge is 0.251 e. The molecule has 3 aromatic carbocycles. The number of methoxy groups -OCH3 is 1. The van der Waals surface area contributed by atoms with E-state index in [1.807, 2.05) is 30.3 Å². The van der Waals surface area contributed by atoms with Gasteiger partial charge in [-0.05, 0) is 69.7 Å². The molecule has 1 unspecified atom stereocenters. The van der Waals surface area contributed by atoms with E-state index >= 15 is 0 Å². The van der Waals surface area contributed by atoms with Gasteiger partial charge in [-0.25, -0.2) is 4.39 Å². The van der Waals surface area contributed by atoms with E-state index in [4.69, 9.17) is 15.4 Å². The Hall–Kier alpha value is -3.03. The van der Waals surface area contributed by atoms with Crippen LogP contribution < -0.4 is 15.4 Å². The van der Waals surface area contributed by atoms with E-state index in [0.29, 0.717) is 11.4 Å². The molecule has 0 saturated heterocycles. The Labute approximate surface area is 188 Å². The number of hydrogen-bond acceptors (Lipinski definition) is 4. The number of benzene rings is 3. The lowest BCUT2D eigenvalue weighted by molar-refractivity contribution is -0.118. The summed E-state index contributed by atoms with van der Waals surface area (Å²) in [6.07, 6.45) is 0.275. The summed E-state index contributed by atoms with van der Waals surface area (Å²) in [7, 11) is 8.31. The first kappa shape index (κ1) is 22.7. The van der Waals surface area contributed by atoms with Crippen molar-refractivity contribution in [3.8, 4) is 5.75 Å². The predicted octanol–water partition coefficient (Wildman–Crippen LogP) is 5.06. The van der Waals surface area contributed by atoms with Gasteiger partial charge in [-0.3, -0.25) is 9.59 Å². The number of hydrogen-bond donors (Lipinski definition) is 2. The van der Waals surface area contributed by atoms with E-state index in [2.05, 4.69) is 10.6 Å². The molecular weight excluding hydrogens is 439 g/mol. The van der Waals surface area contributed by atoms with Crippen LogP contribution in [0.1, 0.15) is 15.9 Å². The fourth-order valence-corrected chi connectivity index (χ4v) is 3.50. The summed E-state index contributed by atoms with van der Waals surface area (Å²) in [5.41, 5.74) is 1.59. The summed E-state index contributed by atoms with van der Waals surface area (Å²) in [6.45, 7) is 0. The maximum Gasteiger partial charge on any atom is 0.251 e. The van der Waals surface area contributed by atoms with Crippen molar-refractivity contribution in [3.05, 3.63) is 89.7 Å². The molecule has 0 heterocycles. The number of ether oxygens (including phenoxy) is 1. The number of carbonyl (C=O) groups excluding carboxylic acids is 2. The second-order valence-corrected chi connectivity index (χ2v) is 7.74. The van der Waals surface area contributed by atoms with E-state index in [1.165, 1.54) is 31.4 Å². The van der Waals surface area contributed by atoms with Gasteiger partial charge in [-0.1, -0.05) is 30.3 Å². The lowest BCUT2D eigenvalue weighted by atomic mass is 10.0. The van der Waals surface area contributed by atoms with Gasteiger partial charge in [0, 0.05) is 16.9 Å². The summed E-state index contributed by atoms with van der Waals surface area (Å²) >= 11 is 0. The third kappa shape index (κ3) is 6.23. The highest BCUT2D eigenvalue weighted by Crippen LogP contribution is 2.32. The van der Waals surface area contributed by atoms with Crippen molar-refractivity contribution in [2.24, 2.45) is 0 Å². The number of rotatable bonds is 8. The molecule has 3 rings (SSSR count). The minimum atomic E-state index is -0.869. The van der Waals surface area contributed by atoms with Crippen molar-refractivity contribution < 1.29 is 18.7 Å². The molecule has 0 aliphatic carbocycles. The molecule has 0 aliphatic heterocycles. The number of amides is 2. The van der Waals surface area contributed by atoms with Gasteiger partial charge in [-0.2, -0.15) is 0 Å². The van der Waals surface area contributed by atoms with Crippen LogP contribution in [0.15, 0.2) is 77.7 Å². The molecule has 0 radical (unpaired) electrons. The van der Waals surface area contributed by atoms with E-state index in [1.54, 1.807) is 18.2 Å². The summed E-state index contributed by atoms with van der Waals surface area (Å²) in [5.74, 6) is -0.885. The van der Waals surface area contributed by atoms with Gasteiger partial charge < -0.3 is 15.4 Å². The largest absolute Gasteiger partial charge is 0.495 e. The molecule has 0 aliphatic rings. The first-order valence-corrected chi connectivity index (χ1v) is 11.0. The average molecular weight is 459 g/mol. The molecule has 0 spiro atoms. The lowest BCUT2D eigenvalue weighted by Crippen LogP contribution is -2.45. The van der Waals surface area contributed by atoms with Gasteiger partial charge in [0.2, 0.25) is 5.91 Å². The zero-order chi connectivity index (χ0) is 22.2. The molecule has 5 nitrogen and oxygen atoms in total. The van der Waals surface area contributed by atoms with Crippen LogP contribution in [0.3, 0.4) is 0 Å². The summed E-state index contributed by atoms with van der Waals surface area (Å²) < 4.78 is 18.5.